The fourth-order valence-corrected chi connectivity index (χ4v) is 3.46. The molecule has 1 aromatic carbocycles. The first-order valence-corrected chi connectivity index (χ1v) is 9.10. The number of rotatable bonds is 5. The summed E-state index contributed by atoms with van der Waals surface area (Å²) in [7, 11) is -3.71. The Morgan fingerprint density at radius 3 is 2.52 bits per heavy atom. The molecule has 0 amide bonds. The van der Waals surface area contributed by atoms with Gasteiger partial charge in [-0.1, -0.05) is 23.7 Å². The van der Waals surface area contributed by atoms with Crippen LogP contribution in [0.25, 0.3) is 0 Å². The second-order valence-electron chi connectivity index (χ2n) is 4.18. The van der Waals surface area contributed by atoms with Crippen LogP contribution in [0.4, 0.5) is 5.69 Å². The molecule has 21 heavy (non-hydrogen) atoms. The number of hydrogen-bond acceptors (Lipinski definition) is 3. The summed E-state index contributed by atoms with van der Waals surface area (Å²) >= 11 is 14.7. The first-order valence-electron chi connectivity index (χ1n) is 5.91. The van der Waals surface area contributed by atoms with Crippen LogP contribution in [-0.2, 0) is 16.4 Å². The van der Waals surface area contributed by atoms with E-state index in [1.54, 1.807) is 18.2 Å². The Labute approximate surface area is 141 Å². The molecule has 0 fully saturated rings. The van der Waals surface area contributed by atoms with Gasteiger partial charge in [0, 0.05) is 16.5 Å². The van der Waals surface area contributed by atoms with Gasteiger partial charge in [-0.15, -0.1) is 11.6 Å². The lowest BCUT2D eigenvalue weighted by Gasteiger charge is -2.10. The van der Waals surface area contributed by atoms with Gasteiger partial charge in [-0.25, -0.2) is 13.4 Å². The van der Waals surface area contributed by atoms with E-state index in [0.29, 0.717) is 16.8 Å². The number of sulfonamides is 1. The van der Waals surface area contributed by atoms with Crippen LogP contribution in [0.3, 0.4) is 0 Å². The van der Waals surface area contributed by atoms with Gasteiger partial charge in [0.05, 0.1) is 10.6 Å². The van der Waals surface area contributed by atoms with E-state index >= 15 is 0 Å². The topological polar surface area (TPSA) is 59.1 Å². The Morgan fingerprint density at radius 1 is 1.24 bits per heavy atom. The molecule has 1 N–H and O–H groups in total. The summed E-state index contributed by atoms with van der Waals surface area (Å²) in [5.41, 5.74) is 1.20. The lowest BCUT2D eigenvalue weighted by atomic mass is 10.2. The molecule has 0 aliphatic heterocycles. The summed E-state index contributed by atoms with van der Waals surface area (Å²) < 4.78 is 27.6. The fraction of sp³-hybridized carbons (Fsp3) is 0.154. The molecule has 0 saturated carbocycles. The Hall–Kier alpha value is -0.820. The van der Waals surface area contributed by atoms with Crippen LogP contribution in [0.5, 0.6) is 0 Å². The van der Waals surface area contributed by atoms with Crippen molar-refractivity contribution in [3.8, 4) is 0 Å². The molecule has 0 aliphatic rings. The third-order valence-corrected chi connectivity index (χ3v) is 4.97. The molecule has 2 aromatic rings. The third kappa shape index (κ3) is 4.32. The van der Waals surface area contributed by atoms with Gasteiger partial charge in [-0.2, -0.15) is 0 Å². The number of pyridine rings is 1. The Morgan fingerprint density at radius 2 is 1.90 bits per heavy atom. The van der Waals surface area contributed by atoms with Crippen LogP contribution in [0.2, 0.25) is 5.15 Å². The Bertz CT molecular complexity index is 736. The summed E-state index contributed by atoms with van der Waals surface area (Å²) in [5.74, 6) is 0.490. The molecule has 112 valence electrons. The second kappa shape index (κ2) is 6.96. The highest BCUT2D eigenvalue weighted by molar-refractivity contribution is 9.10. The number of alkyl halides is 1. The normalized spacial score (nSPS) is 11.4. The van der Waals surface area contributed by atoms with E-state index in [1.807, 2.05) is 0 Å². The largest absolute Gasteiger partial charge is 0.276 e. The van der Waals surface area contributed by atoms with Crippen molar-refractivity contribution in [2.24, 2.45) is 0 Å². The summed E-state index contributed by atoms with van der Waals surface area (Å²) in [5, 5.41) is 0.0838. The number of aromatic nitrogens is 1. The van der Waals surface area contributed by atoms with Crippen LogP contribution in [-0.4, -0.2) is 19.3 Å². The second-order valence-corrected chi connectivity index (χ2v) is 7.51. The quantitative estimate of drug-likeness (QED) is 0.597. The van der Waals surface area contributed by atoms with Crippen molar-refractivity contribution in [3.63, 3.8) is 0 Å². The summed E-state index contributed by atoms with van der Waals surface area (Å²) in [6.45, 7) is 0. The molecule has 0 aliphatic carbocycles. The molecule has 0 bridgehead atoms. The summed E-state index contributed by atoms with van der Waals surface area (Å²) in [6.07, 6.45) is 2.18. The molecular weight excluding hydrogens is 399 g/mol. The van der Waals surface area contributed by atoms with E-state index in [9.17, 15) is 8.42 Å². The zero-order chi connectivity index (χ0) is 15.5. The number of anilines is 1. The zero-order valence-corrected chi connectivity index (χ0v) is 14.6. The molecule has 4 nitrogen and oxygen atoms in total. The van der Waals surface area contributed by atoms with Crippen molar-refractivity contribution >= 4 is 54.8 Å². The zero-order valence-electron chi connectivity index (χ0n) is 10.7. The van der Waals surface area contributed by atoms with E-state index in [1.165, 1.54) is 18.3 Å². The number of hydrogen-bond donors (Lipinski definition) is 1. The Kier molecular flexibility index (Phi) is 5.48. The van der Waals surface area contributed by atoms with E-state index in [4.69, 9.17) is 23.2 Å². The van der Waals surface area contributed by atoms with E-state index < -0.39 is 10.0 Å². The first-order chi connectivity index (χ1) is 9.92. The van der Waals surface area contributed by atoms with E-state index in [0.717, 1.165) is 5.56 Å². The molecule has 2 rings (SSSR count). The van der Waals surface area contributed by atoms with Gasteiger partial charge in [-0.05, 0) is 46.1 Å². The van der Waals surface area contributed by atoms with E-state index in [-0.39, 0.29) is 15.7 Å². The maximum absolute atomic E-state index is 12.3. The molecule has 0 spiro atoms. The maximum Gasteiger partial charge on any atom is 0.261 e. The minimum Gasteiger partial charge on any atom is -0.276 e. The van der Waals surface area contributed by atoms with Crippen LogP contribution >= 0.6 is 39.1 Å². The average Bonchev–Trinajstić information content (AvgIpc) is 2.44. The highest BCUT2D eigenvalue weighted by atomic mass is 79.9. The van der Waals surface area contributed by atoms with Crippen molar-refractivity contribution in [2.75, 3.05) is 10.6 Å². The van der Waals surface area contributed by atoms with Crippen LogP contribution in [0.1, 0.15) is 5.56 Å². The molecule has 0 saturated heterocycles. The number of nitrogens with one attached hydrogen (secondary N) is 1. The van der Waals surface area contributed by atoms with Gasteiger partial charge in [-0.3, -0.25) is 4.72 Å². The number of benzene rings is 1. The van der Waals surface area contributed by atoms with Crippen LogP contribution in [0.15, 0.2) is 45.9 Å². The lowest BCUT2D eigenvalue weighted by Crippen LogP contribution is -2.13. The van der Waals surface area contributed by atoms with Crippen molar-refractivity contribution in [1.82, 2.24) is 4.98 Å². The van der Waals surface area contributed by atoms with Gasteiger partial charge in [0.15, 0.2) is 5.15 Å². The minimum absolute atomic E-state index is 0.0838. The van der Waals surface area contributed by atoms with Crippen molar-refractivity contribution in [1.29, 1.82) is 0 Å². The summed E-state index contributed by atoms with van der Waals surface area (Å²) in [6, 6.07) is 8.08. The molecule has 0 radical (unpaired) electrons. The maximum atomic E-state index is 12.3. The van der Waals surface area contributed by atoms with Crippen LogP contribution < -0.4 is 4.72 Å². The standard InChI is InChI=1S/C13H11BrCl2N2O2S/c14-10-7-12(13(16)17-8-10)18-21(19,20)11-3-1-9(2-4-11)5-6-15/h1-4,7-8,18H,5-6H2. The third-order valence-electron chi connectivity index (χ3n) is 2.67. The predicted octanol–water partition coefficient (Wildman–Crippen LogP) is 4.08. The average molecular weight is 410 g/mol. The molecule has 8 heteroatoms. The highest BCUT2D eigenvalue weighted by Gasteiger charge is 2.16. The number of nitrogens with zero attached hydrogens (tertiary/aromatic N) is 1. The van der Waals surface area contributed by atoms with Gasteiger partial charge in [0.1, 0.15) is 0 Å². The molecule has 0 atom stereocenters. The van der Waals surface area contributed by atoms with E-state index in [2.05, 4.69) is 25.6 Å². The lowest BCUT2D eigenvalue weighted by molar-refractivity contribution is 0.601. The Balaban J connectivity index is 2.27. The smallest absolute Gasteiger partial charge is 0.261 e. The van der Waals surface area contributed by atoms with Crippen molar-refractivity contribution in [2.45, 2.75) is 11.3 Å². The summed E-state index contributed by atoms with van der Waals surface area (Å²) in [4.78, 5) is 4.02. The van der Waals surface area contributed by atoms with Crippen molar-refractivity contribution in [3.05, 3.63) is 51.7 Å². The number of aryl methyl sites for hydroxylation is 1. The highest BCUT2D eigenvalue weighted by Crippen LogP contribution is 2.25. The van der Waals surface area contributed by atoms with Gasteiger partial charge in [0.25, 0.3) is 10.0 Å². The van der Waals surface area contributed by atoms with Gasteiger partial charge >= 0.3 is 0 Å². The SMILES string of the molecule is O=S(=O)(Nc1cc(Br)cnc1Cl)c1ccc(CCCl)cc1. The van der Waals surface area contributed by atoms with Crippen LogP contribution in [0, 0.1) is 0 Å². The first kappa shape index (κ1) is 16.5. The molecule has 0 unspecified atom stereocenters. The number of halogens is 3. The molecular formula is C13H11BrCl2N2O2S. The monoisotopic (exact) mass is 408 g/mol. The van der Waals surface area contributed by atoms with Gasteiger partial charge < -0.3 is 0 Å². The molecule has 1 heterocycles. The molecule has 1 aromatic heterocycles. The van der Waals surface area contributed by atoms with Gasteiger partial charge in [0.2, 0.25) is 0 Å². The van der Waals surface area contributed by atoms with Crippen molar-refractivity contribution < 1.29 is 8.42 Å². The predicted molar refractivity (Wildman–Crippen MR) is 88.6 cm³/mol. The fourth-order valence-electron chi connectivity index (χ4n) is 1.64. The minimum atomic E-state index is -3.71.